The average molecular weight is 585 g/mol. The lowest BCUT2D eigenvalue weighted by Crippen LogP contribution is -2.66. The predicted octanol–water partition coefficient (Wildman–Crippen LogP) is 2.29. The molecule has 0 unspecified atom stereocenters. The number of benzene rings is 1. The lowest BCUT2D eigenvalue weighted by molar-refractivity contribution is -0.309. The molecule has 42 heavy (non-hydrogen) atoms. The highest BCUT2D eigenvalue weighted by molar-refractivity contribution is 6.04. The van der Waals surface area contributed by atoms with Gasteiger partial charge in [-0.1, -0.05) is 23.1 Å². The van der Waals surface area contributed by atoms with Crippen molar-refractivity contribution in [1.82, 2.24) is 5.48 Å². The number of methoxy groups -OCH3 is 1. The van der Waals surface area contributed by atoms with E-state index in [1.807, 2.05) is 5.48 Å². The van der Waals surface area contributed by atoms with Gasteiger partial charge in [-0.2, -0.15) is 5.48 Å². The van der Waals surface area contributed by atoms with Crippen molar-refractivity contribution in [2.45, 2.75) is 57.4 Å². The summed E-state index contributed by atoms with van der Waals surface area (Å²) in [5.41, 5.74) is 0.148. The van der Waals surface area contributed by atoms with Crippen LogP contribution in [0.5, 0.6) is 11.5 Å². The molecule has 1 fully saturated rings. The molecule has 0 bridgehead atoms. The van der Waals surface area contributed by atoms with Crippen molar-refractivity contribution in [3.63, 3.8) is 0 Å². The fourth-order valence-electron chi connectivity index (χ4n) is 4.58. The maximum Gasteiger partial charge on any atom is 0.431 e. The minimum atomic E-state index is -1.56. The molecule has 0 aliphatic carbocycles. The minimum Gasteiger partial charge on any atom is -0.506 e. The molecule has 0 spiro atoms. The second-order valence-corrected chi connectivity index (χ2v) is 9.35. The first-order valence-corrected chi connectivity index (χ1v) is 12.6. The second kappa shape index (κ2) is 13.9. The number of aliphatic hydroxyl groups excluding tert-OH is 1. The number of oxime groups is 1. The Morgan fingerprint density at radius 2 is 2.02 bits per heavy atom. The maximum absolute atomic E-state index is 12.8. The minimum absolute atomic E-state index is 0.0165. The van der Waals surface area contributed by atoms with Gasteiger partial charge in [0.05, 0.1) is 11.1 Å². The molecule has 224 valence electrons. The fraction of sp³-hybridized carbons (Fsp3) is 0.414. The normalized spacial score (nSPS) is 23.8. The van der Waals surface area contributed by atoms with Crippen molar-refractivity contribution in [3.8, 4) is 36.2 Å². The summed E-state index contributed by atoms with van der Waals surface area (Å²) in [6.07, 6.45) is 5.80. The van der Waals surface area contributed by atoms with Crippen LogP contribution in [0.4, 0.5) is 4.79 Å². The number of carbonyl (C=O) groups excluding carboxylic acids is 1. The molecule has 3 N–H and O–H groups in total. The van der Waals surface area contributed by atoms with Gasteiger partial charge >= 0.3 is 11.7 Å². The zero-order valence-electron chi connectivity index (χ0n) is 23.5. The molecular formula is C29H32N2O11. The molecule has 1 aliphatic rings. The third-order valence-electron chi connectivity index (χ3n) is 6.46. The molecule has 2 heterocycles. The quantitative estimate of drug-likeness (QED) is 0.0885. The lowest BCUT2D eigenvalue weighted by atomic mass is 9.85. The van der Waals surface area contributed by atoms with Crippen LogP contribution in [0, 0.1) is 31.6 Å². The zero-order valence-corrected chi connectivity index (χ0v) is 23.5. The van der Waals surface area contributed by atoms with E-state index in [0.717, 1.165) is 0 Å². The number of carbonyl (C=O) groups is 1. The summed E-state index contributed by atoms with van der Waals surface area (Å²) in [7, 11) is 1.37. The van der Waals surface area contributed by atoms with Gasteiger partial charge in [0.1, 0.15) is 41.0 Å². The van der Waals surface area contributed by atoms with E-state index < -0.39 is 41.9 Å². The van der Waals surface area contributed by atoms with E-state index >= 15 is 0 Å². The first-order chi connectivity index (χ1) is 20.0. The number of fused-ring (bicyclic) bond motifs is 1. The molecule has 13 nitrogen and oxygen atoms in total. The number of amides is 1. The maximum atomic E-state index is 12.8. The van der Waals surface area contributed by atoms with Gasteiger partial charge in [-0.25, -0.2) is 9.59 Å². The standard InChI is InChI=1S/C29H32N2O11/c1-8-13-29(6)25(36-7)24(41-28(35)31-38-15-10-3)22(33)27(42-29)39-19-12-11-18-21(32)20(17(5)30-37-14-9-2)26(34)40-23(18)16(19)4/h2-3,8,11-12,22,24-25,27,32-33H,1,13-15H2,4-7H3,(H,31,35)/b30-17+/t22-,24+,25-,27-,29+/m1/s1. The molecular weight excluding hydrogens is 552 g/mol. The average Bonchev–Trinajstić information content (AvgIpc) is 2.93. The smallest absolute Gasteiger partial charge is 0.431 e. The molecule has 1 aliphatic heterocycles. The molecule has 2 aromatic rings. The van der Waals surface area contributed by atoms with Crippen LogP contribution in [0.3, 0.4) is 0 Å². The van der Waals surface area contributed by atoms with Crippen molar-refractivity contribution in [1.29, 1.82) is 0 Å². The Labute approximate surface area is 241 Å². The van der Waals surface area contributed by atoms with Gasteiger partial charge in [0.15, 0.2) is 18.8 Å². The molecule has 1 amide bonds. The number of nitrogens with one attached hydrogen (secondary N) is 1. The molecule has 13 heteroatoms. The number of aryl methyl sites for hydroxylation is 1. The Bertz CT molecular complexity index is 1490. The van der Waals surface area contributed by atoms with E-state index in [4.69, 9.17) is 45.9 Å². The number of aromatic hydroxyl groups is 1. The molecule has 5 atom stereocenters. The summed E-state index contributed by atoms with van der Waals surface area (Å²) in [4.78, 5) is 34.8. The summed E-state index contributed by atoms with van der Waals surface area (Å²) >= 11 is 0. The van der Waals surface area contributed by atoms with Gasteiger partial charge in [0.25, 0.3) is 0 Å². The van der Waals surface area contributed by atoms with E-state index in [2.05, 4.69) is 23.6 Å². The summed E-state index contributed by atoms with van der Waals surface area (Å²) in [6, 6.07) is 2.94. The molecule has 1 saturated heterocycles. The molecule has 1 aromatic carbocycles. The van der Waals surface area contributed by atoms with Crippen molar-refractivity contribution in [3.05, 3.63) is 46.3 Å². The van der Waals surface area contributed by atoms with Gasteiger partial charge < -0.3 is 38.4 Å². The van der Waals surface area contributed by atoms with E-state index in [-0.39, 0.29) is 53.4 Å². The third-order valence-corrected chi connectivity index (χ3v) is 6.46. The first-order valence-electron chi connectivity index (χ1n) is 12.6. The van der Waals surface area contributed by atoms with Crippen molar-refractivity contribution >= 4 is 22.8 Å². The van der Waals surface area contributed by atoms with E-state index in [1.54, 1.807) is 19.9 Å². The van der Waals surface area contributed by atoms with Gasteiger partial charge in [-0.3, -0.25) is 4.84 Å². The number of hydroxylamine groups is 1. The molecule has 0 saturated carbocycles. The highest BCUT2D eigenvalue weighted by Gasteiger charge is 2.55. The number of nitrogens with zero attached hydrogens (tertiary/aromatic N) is 1. The van der Waals surface area contributed by atoms with Crippen LogP contribution in [-0.4, -0.2) is 72.5 Å². The van der Waals surface area contributed by atoms with Crippen LogP contribution < -0.4 is 15.8 Å². The van der Waals surface area contributed by atoms with E-state index in [9.17, 15) is 19.8 Å². The van der Waals surface area contributed by atoms with Gasteiger partial charge in [-0.15, -0.1) is 19.4 Å². The lowest BCUT2D eigenvalue weighted by Gasteiger charge is -2.48. The Morgan fingerprint density at radius 3 is 2.67 bits per heavy atom. The van der Waals surface area contributed by atoms with E-state index in [1.165, 1.54) is 26.2 Å². The van der Waals surface area contributed by atoms with Crippen LogP contribution in [-0.2, 0) is 23.9 Å². The highest BCUT2D eigenvalue weighted by atomic mass is 16.7. The summed E-state index contributed by atoms with van der Waals surface area (Å²) in [5, 5.41) is 26.0. The van der Waals surface area contributed by atoms with Gasteiger partial charge in [0, 0.05) is 12.7 Å². The topological polar surface area (TPSA) is 168 Å². The van der Waals surface area contributed by atoms with Crippen molar-refractivity contribution in [2.24, 2.45) is 5.16 Å². The number of ether oxygens (including phenoxy) is 4. The number of aliphatic hydroxyl groups is 1. The summed E-state index contributed by atoms with van der Waals surface area (Å²) in [6.45, 7) is 8.12. The Balaban J connectivity index is 1.98. The predicted molar refractivity (Wildman–Crippen MR) is 150 cm³/mol. The zero-order chi connectivity index (χ0) is 31.0. The van der Waals surface area contributed by atoms with Crippen molar-refractivity contribution in [2.75, 3.05) is 20.3 Å². The van der Waals surface area contributed by atoms with Gasteiger partial charge in [-0.05, 0) is 39.3 Å². The monoisotopic (exact) mass is 584 g/mol. The highest BCUT2D eigenvalue weighted by Crippen LogP contribution is 2.39. The number of rotatable bonds is 11. The third kappa shape index (κ3) is 6.67. The Kier molecular flexibility index (Phi) is 10.6. The largest absolute Gasteiger partial charge is 0.506 e. The van der Waals surface area contributed by atoms with Crippen LogP contribution in [0.2, 0.25) is 0 Å². The van der Waals surface area contributed by atoms with Crippen LogP contribution in [0.15, 0.2) is 39.2 Å². The van der Waals surface area contributed by atoms with Crippen LogP contribution >= 0.6 is 0 Å². The van der Waals surface area contributed by atoms with Gasteiger partial charge in [0.2, 0.25) is 6.29 Å². The van der Waals surface area contributed by atoms with Crippen molar-refractivity contribution < 1.29 is 48.0 Å². The second-order valence-electron chi connectivity index (χ2n) is 9.35. The Morgan fingerprint density at radius 1 is 1.31 bits per heavy atom. The summed E-state index contributed by atoms with van der Waals surface area (Å²) < 4.78 is 28.7. The number of hydrogen-bond donors (Lipinski definition) is 3. The number of terminal acetylenes is 2. The van der Waals surface area contributed by atoms with E-state index in [0.29, 0.717) is 5.56 Å². The van der Waals surface area contributed by atoms with Crippen LogP contribution in [0.1, 0.15) is 31.4 Å². The molecule has 1 aromatic heterocycles. The van der Waals surface area contributed by atoms with Crippen LogP contribution in [0.25, 0.3) is 11.0 Å². The fourth-order valence-corrected chi connectivity index (χ4v) is 4.58. The molecule has 3 rings (SSSR count). The SMILES string of the molecule is C#CCO/N=C(\C)c1c(O)c2ccc(O[C@@H]3O[C@@](C)(CC=C)[C@H](OC)[C@@H](OC(=O)NOCC#C)[C@H]3O)c(C)c2oc1=O. The molecule has 0 radical (unpaired) electrons. The summed E-state index contributed by atoms with van der Waals surface area (Å²) in [5.74, 6) is 4.18. The Hall–Kier alpha value is -4.53. The number of hydrogen-bond acceptors (Lipinski definition) is 12. The first kappa shape index (κ1) is 32.0.